The molecule has 8 nitrogen and oxygen atoms in total. The third-order valence-electron chi connectivity index (χ3n) is 4.05. The summed E-state index contributed by atoms with van der Waals surface area (Å²) in [5.41, 5.74) is 7.91. The number of aliphatic carboxylic acids is 1. The van der Waals surface area contributed by atoms with E-state index in [1.165, 1.54) is 41.7 Å². The standard InChI is InChI=1S/C21H18ClFN6O2/c22-17-11-15(5-6-18(17)23)27-21-26-12-16(20(28-21)29(25)9-8-24)14-3-1-2-13(10-14)4-7-19(30)31/h1-12H,24-25H2,(H,30,31)(H,26,27,28)/b7-4+,9-8-. The summed E-state index contributed by atoms with van der Waals surface area (Å²) in [5, 5.41) is 13.0. The second-order valence-corrected chi connectivity index (χ2v) is 6.64. The van der Waals surface area contributed by atoms with Crippen molar-refractivity contribution in [2.45, 2.75) is 0 Å². The number of hydrogen-bond donors (Lipinski definition) is 4. The summed E-state index contributed by atoms with van der Waals surface area (Å²) in [7, 11) is 0. The molecule has 0 aliphatic rings. The molecule has 6 N–H and O–H groups in total. The third kappa shape index (κ3) is 5.56. The average Bonchev–Trinajstić information content (AvgIpc) is 2.75. The number of nitrogens with one attached hydrogen (secondary N) is 1. The van der Waals surface area contributed by atoms with Crippen molar-refractivity contribution >= 4 is 41.1 Å². The molecule has 0 aliphatic carbocycles. The highest BCUT2D eigenvalue weighted by molar-refractivity contribution is 6.31. The Morgan fingerprint density at radius 3 is 2.77 bits per heavy atom. The van der Waals surface area contributed by atoms with E-state index in [9.17, 15) is 9.18 Å². The number of rotatable bonds is 7. The van der Waals surface area contributed by atoms with Gasteiger partial charge in [-0.25, -0.2) is 20.0 Å². The van der Waals surface area contributed by atoms with Crippen LogP contribution in [0, 0.1) is 5.82 Å². The summed E-state index contributed by atoms with van der Waals surface area (Å²) in [6.07, 6.45) is 6.74. The van der Waals surface area contributed by atoms with Crippen molar-refractivity contribution in [3.05, 3.63) is 83.5 Å². The van der Waals surface area contributed by atoms with E-state index in [2.05, 4.69) is 15.3 Å². The van der Waals surface area contributed by atoms with E-state index in [4.69, 9.17) is 28.3 Å². The Morgan fingerprint density at radius 1 is 1.26 bits per heavy atom. The lowest BCUT2D eigenvalue weighted by Crippen LogP contribution is -2.26. The molecule has 158 valence electrons. The van der Waals surface area contributed by atoms with Crippen LogP contribution in [0.5, 0.6) is 0 Å². The first-order chi connectivity index (χ1) is 14.9. The number of benzene rings is 2. The van der Waals surface area contributed by atoms with Crippen LogP contribution in [0.1, 0.15) is 5.56 Å². The molecule has 1 aromatic heterocycles. The molecule has 0 saturated carbocycles. The molecule has 0 saturated heterocycles. The smallest absolute Gasteiger partial charge is 0.328 e. The van der Waals surface area contributed by atoms with Gasteiger partial charge in [-0.15, -0.1) is 0 Å². The van der Waals surface area contributed by atoms with Crippen LogP contribution in [0.2, 0.25) is 5.02 Å². The number of hydrazine groups is 1. The predicted molar refractivity (Wildman–Crippen MR) is 119 cm³/mol. The van der Waals surface area contributed by atoms with Crippen molar-refractivity contribution in [1.82, 2.24) is 9.97 Å². The van der Waals surface area contributed by atoms with Gasteiger partial charge in [-0.05, 0) is 41.5 Å². The summed E-state index contributed by atoms with van der Waals surface area (Å²) in [6, 6.07) is 11.2. The maximum absolute atomic E-state index is 13.4. The molecular formula is C21H18ClFN6O2. The maximum Gasteiger partial charge on any atom is 0.328 e. The van der Waals surface area contributed by atoms with Gasteiger partial charge >= 0.3 is 5.97 Å². The number of carboxylic acids is 1. The van der Waals surface area contributed by atoms with E-state index in [1.807, 2.05) is 6.07 Å². The zero-order chi connectivity index (χ0) is 22.4. The van der Waals surface area contributed by atoms with Gasteiger partial charge < -0.3 is 16.2 Å². The van der Waals surface area contributed by atoms with Crippen molar-refractivity contribution in [3.63, 3.8) is 0 Å². The van der Waals surface area contributed by atoms with Crippen LogP contribution in [0.15, 0.2) is 67.1 Å². The quantitative estimate of drug-likeness (QED) is 0.247. The Hall–Kier alpha value is -3.95. The van der Waals surface area contributed by atoms with E-state index in [0.717, 1.165) is 6.08 Å². The highest BCUT2D eigenvalue weighted by Gasteiger charge is 2.14. The maximum atomic E-state index is 13.4. The summed E-state index contributed by atoms with van der Waals surface area (Å²) in [6.45, 7) is 0. The molecule has 0 radical (unpaired) electrons. The molecule has 0 bridgehead atoms. The van der Waals surface area contributed by atoms with Crippen molar-refractivity contribution in [3.8, 4) is 11.1 Å². The van der Waals surface area contributed by atoms with Gasteiger partial charge in [-0.1, -0.05) is 29.8 Å². The van der Waals surface area contributed by atoms with Crippen LogP contribution >= 0.6 is 11.6 Å². The molecule has 0 amide bonds. The Bertz CT molecular complexity index is 1170. The fourth-order valence-corrected chi connectivity index (χ4v) is 2.86. The van der Waals surface area contributed by atoms with Crippen LogP contribution in [0.25, 0.3) is 17.2 Å². The highest BCUT2D eigenvalue weighted by atomic mass is 35.5. The van der Waals surface area contributed by atoms with Crippen LogP contribution in [0.3, 0.4) is 0 Å². The summed E-state index contributed by atoms with van der Waals surface area (Å²) < 4.78 is 13.4. The van der Waals surface area contributed by atoms with Crippen molar-refractivity contribution in [1.29, 1.82) is 0 Å². The lowest BCUT2D eigenvalue weighted by Gasteiger charge is -2.18. The number of carbonyl (C=O) groups is 1. The summed E-state index contributed by atoms with van der Waals surface area (Å²) in [5.74, 6) is 5.01. The fraction of sp³-hybridized carbons (Fsp3) is 0. The van der Waals surface area contributed by atoms with Crippen molar-refractivity contribution in [2.75, 3.05) is 10.3 Å². The van der Waals surface area contributed by atoms with Gasteiger partial charge in [0.2, 0.25) is 5.95 Å². The molecule has 0 spiro atoms. The zero-order valence-corrected chi connectivity index (χ0v) is 16.8. The van der Waals surface area contributed by atoms with E-state index in [1.54, 1.807) is 24.4 Å². The molecule has 3 aromatic rings. The first-order valence-electron chi connectivity index (χ1n) is 8.90. The predicted octanol–water partition coefficient (Wildman–Crippen LogP) is 3.89. The lowest BCUT2D eigenvalue weighted by atomic mass is 10.0. The minimum absolute atomic E-state index is 0.0420. The van der Waals surface area contributed by atoms with E-state index in [0.29, 0.717) is 28.2 Å². The van der Waals surface area contributed by atoms with Crippen LogP contribution in [-0.2, 0) is 4.79 Å². The topological polar surface area (TPSA) is 130 Å². The van der Waals surface area contributed by atoms with Crippen molar-refractivity contribution in [2.24, 2.45) is 11.6 Å². The monoisotopic (exact) mass is 440 g/mol. The first kappa shape index (κ1) is 21.8. The highest BCUT2D eigenvalue weighted by Crippen LogP contribution is 2.30. The van der Waals surface area contributed by atoms with Crippen LogP contribution in [0.4, 0.5) is 21.8 Å². The minimum atomic E-state index is -1.05. The second-order valence-electron chi connectivity index (χ2n) is 6.23. The van der Waals surface area contributed by atoms with Crippen LogP contribution in [-0.4, -0.2) is 21.0 Å². The van der Waals surface area contributed by atoms with E-state index >= 15 is 0 Å². The molecule has 1 heterocycles. The molecule has 0 unspecified atom stereocenters. The minimum Gasteiger partial charge on any atom is -0.478 e. The molecule has 31 heavy (non-hydrogen) atoms. The average molecular weight is 441 g/mol. The third-order valence-corrected chi connectivity index (χ3v) is 4.34. The van der Waals surface area contributed by atoms with Gasteiger partial charge in [-0.2, -0.15) is 4.98 Å². The Kier molecular flexibility index (Phi) is 6.81. The Balaban J connectivity index is 2.01. The molecule has 2 aromatic carbocycles. The Morgan fingerprint density at radius 2 is 2.06 bits per heavy atom. The van der Waals surface area contributed by atoms with Crippen molar-refractivity contribution < 1.29 is 14.3 Å². The second kappa shape index (κ2) is 9.70. The van der Waals surface area contributed by atoms with Gasteiger partial charge in [0, 0.05) is 35.9 Å². The molecule has 0 aliphatic heterocycles. The van der Waals surface area contributed by atoms with E-state index in [-0.39, 0.29) is 11.0 Å². The fourth-order valence-electron chi connectivity index (χ4n) is 2.68. The molecule has 0 atom stereocenters. The number of anilines is 3. The number of halogens is 2. The molecule has 0 fully saturated rings. The number of aromatic nitrogens is 2. The van der Waals surface area contributed by atoms with Gasteiger partial charge in [0.05, 0.1) is 5.02 Å². The first-order valence-corrected chi connectivity index (χ1v) is 9.28. The van der Waals surface area contributed by atoms with Gasteiger partial charge in [-0.3, -0.25) is 5.01 Å². The Labute approximate surface area is 182 Å². The normalized spacial score (nSPS) is 11.2. The zero-order valence-electron chi connectivity index (χ0n) is 16.0. The summed E-state index contributed by atoms with van der Waals surface area (Å²) in [4.78, 5) is 19.5. The molecule has 10 heteroatoms. The van der Waals surface area contributed by atoms with E-state index < -0.39 is 11.8 Å². The summed E-state index contributed by atoms with van der Waals surface area (Å²) >= 11 is 5.82. The number of carboxylic acid groups (broad SMARTS) is 1. The van der Waals surface area contributed by atoms with Gasteiger partial charge in [0.25, 0.3) is 0 Å². The van der Waals surface area contributed by atoms with Gasteiger partial charge in [0.15, 0.2) is 5.82 Å². The molecular weight excluding hydrogens is 423 g/mol. The number of nitrogens with zero attached hydrogens (tertiary/aromatic N) is 3. The van der Waals surface area contributed by atoms with Gasteiger partial charge in [0.1, 0.15) is 5.82 Å². The number of nitrogens with two attached hydrogens (primary N) is 2. The number of hydrogen-bond acceptors (Lipinski definition) is 7. The largest absolute Gasteiger partial charge is 0.478 e. The molecule has 3 rings (SSSR count). The lowest BCUT2D eigenvalue weighted by molar-refractivity contribution is -0.131. The van der Waals surface area contributed by atoms with Crippen LogP contribution < -0.4 is 21.9 Å². The SMILES string of the molecule is N/C=C\N(N)c1nc(Nc2ccc(F)c(Cl)c2)ncc1-c1cccc(/C=C/C(=O)O)c1.